The van der Waals surface area contributed by atoms with Gasteiger partial charge in [-0.05, 0) is 29.2 Å². The topological polar surface area (TPSA) is 52.3 Å². The SMILES string of the molecule is CC(C)(C)c1cccc2nc(Oc3ccccc3)oc(=O)c12. The molecule has 4 heteroatoms. The van der Waals surface area contributed by atoms with E-state index in [1.165, 1.54) is 0 Å². The van der Waals surface area contributed by atoms with Gasteiger partial charge in [-0.15, -0.1) is 0 Å². The van der Waals surface area contributed by atoms with Crippen molar-refractivity contribution in [3.05, 3.63) is 64.5 Å². The van der Waals surface area contributed by atoms with Crippen molar-refractivity contribution in [1.29, 1.82) is 0 Å². The quantitative estimate of drug-likeness (QED) is 0.708. The Morgan fingerprint density at radius 2 is 1.73 bits per heavy atom. The van der Waals surface area contributed by atoms with Crippen molar-refractivity contribution in [2.45, 2.75) is 26.2 Å². The van der Waals surface area contributed by atoms with Gasteiger partial charge in [0.25, 0.3) is 0 Å². The molecule has 1 aromatic heterocycles. The highest BCUT2D eigenvalue weighted by Crippen LogP contribution is 2.28. The van der Waals surface area contributed by atoms with E-state index in [1.807, 2.05) is 30.3 Å². The van der Waals surface area contributed by atoms with Crippen molar-refractivity contribution in [3.8, 4) is 11.8 Å². The average Bonchev–Trinajstić information content (AvgIpc) is 2.46. The fourth-order valence-electron chi connectivity index (χ4n) is 2.36. The van der Waals surface area contributed by atoms with E-state index in [2.05, 4.69) is 25.8 Å². The predicted molar refractivity (Wildman–Crippen MR) is 85.5 cm³/mol. The molecule has 1 heterocycles. The fraction of sp³-hybridized carbons (Fsp3) is 0.222. The Hall–Kier alpha value is -2.62. The Bertz CT molecular complexity index is 861. The Morgan fingerprint density at radius 3 is 2.41 bits per heavy atom. The van der Waals surface area contributed by atoms with E-state index in [0.29, 0.717) is 16.7 Å². The van der Waals surface area contributed by atoms with Crippen LogP contribution in [-0.4, -0.2) is 4.98 Å². The third-order valence-electron chi connectivity index (χ3n) is 3.39. The van der Waals surface area contributed by atoms with Gasteiger partial charge in [0, 0.05) is 0 Å². The summed E-state index contributed by atoms with van der Waals surface area (Å²) in [4.78, 5) is 16.7. The van der Waals surface area contributed by atoms with Crippen LogP contribution >= 0.6 is 0 Å². The second kappa shape index (κ2) is 5.30. The molecule has 0 aliphatic heterocycles. The summed E-state index contributed by atoms with van der Waals surface area (Å²) in [7, 11) is 0. The van der Waals surface area contributed by atoms with Gasteiger partial charge in [0.1, 0.15) is 5.75 Å². The Morgan fingerprint density at radius 1 is 1.00 bits per heavy atom. The molecular formula is C18H17NO3. The second-order valence-corrected chi connectivity index (χ2v) is 6.13. The van der Waals surface area contributed by atoms with Crippen LogP contribution in [0.2, 0.25) is 0 Å². The van der Waals surface area contributed by atoms with E-state index >= 15 is 0 Å². The highest BCUT2D eigenvalue weighted by molar-refractivity contribution is 5.82. The molecule has 0 N–H and O–H groups in total. The zero-order valence-corrected chi connectivity index (χ0v) is 12.8. The molecule has 0 atom stereocenters. The number of ether oxygens (including phenoxy) is 1. The molecule has 22 heavy (non-hydrogen) atoms. The van der Waals surface area contributed by atoms with Crippen molar-refractivity contribution in [3.63, 3.8) is 0 Å². The second-order valence-electron chi connectivity index (χ2n) is 6.13. The number of nitrogens with zero attached hydrogens (tertiary/aromatic N) is 1. The molecule has 0 saturated heterocycles. The van der Waals surface area contributed by atoms with Gasteiger partial charge < -0.3 is 9.15 Å². The van der Waals surface area contributed by atoms with Crippen molar-refractivity contribution in [1.82, 2.24) is 4.98 Å². The molecule has 0 aliphatic carbocycles. The van der Waals surface area contributed by atoms with Gasteiger partial charge in [0.15, 0.2) is 0 Å². The number of hydrogen-bond acceptors (Lipinski definition) is 4. The first-order valence-electron chi connectivity index (χ1n) is 7.12. The molecule has 0 saturated carbocycles. The van der Waals surface area contributed by atoms with Crippen LogP contribution in [-0.2, 0) is 5.41 Å². The number of benzene rings is 2. The van der Waals surface area contributed by atoms with Crippen LogP contribution in [0.5, 0.6) is 11.8 Å². The number of para-hydroxylation sites is 1. The molecule has 0 bridgehead atoms. The Labute approximate surface area is 128 Å². The highest BCUT2D eigenvalue weighted by atomic mass is 16.6. The zero-order valence-electron chi connectivity index (χ0n) is 12.8. The molecule has 0 amide bonds. The molecule has 0 fully saturated rings. The largest absolute Gasteiger partial charge is 0.411 e. The van der Waals surface area contributed by atoms with Crippen molar-refractivity contribution < 1.29 is 9.15 Å². The van der Waals surface area contributed by atoms with E-state index in [4.69, 9.17) is 9.15 Å². The van der Waals surface area contributed by atoms with E-state index in [9.17, 15) is 4.79 Å². The fourth-order valence-corrected chi connectivity index (χ4v) is 2.36. The van der Waals surface area contributed by atoms with Crippen LogP contribution in [0, 0.1) is 0 Å². The number of rotatable bonds is 2. The minimum atomic E-state index is -0.429. The highest BCUT2D eigenvalue weighted by Gasteiger charge is 2.20. The van der Waals surface area contributed by atoms with E-state index < -0.39 is 5.63 Å². The molecular weight excluding hydrogens is 278 g/mol. The molecule has 0 aliphatic rings. The maximum Gasteiger partial charge on any atom is 0.402 e. The minimum Gasteiger partial charge on any atom is -0.411 e. The van der Waals surface area contributed by atoms with Gasteiger partial charge in [-0.2, -0.15) is 4.98 Å². The lowest BCUT2D eigenvalue weighted by Gasteiger charge is -2.20. The summed E-state index contributed by atoms with van der Waals surface area (Å²) < 4.78 is 10.8. The number of fused-ring (bicyclic) bond motifs is 1. The molecule has 0 radical (unpaired) electrons. The normalized spacial score (nSPS) is 11.6. The summed E-state index contributed by atoms with van der Waals surface area (Å²) in [5.74, 6) is 0.574. The van der Waals surface area contributed by atoms with Crippen molar-refractivity contribution in [2.24, 2.45) is 0 Å². The lowest BCUT2D eigenvalue weighted by atomic mass is 9.85. The average molecular weight is 295 g/mol. The minimum absolute atomic E-state index is 0.0465. The summed E-state index contributed by atoms with van der Waals surface area (Å²) in [6.45, 7) is 6.15. The van der Waals surface area contributed by atoms with E-state index in [0.717, 1.165) is 5.56 Å². The third kappa shape index (κ3) is 2.72. The molecule has 3 rings (SSSR count). The number of hydrogen-bond donors (Lipinski definition) is 0. The van der Waals surface area contributed by atoms with Gasteiger partial charge in [-0.25, -0.2) is 4.79 Å². The summed E-state index contributed by atoms with van der Waals surface area (Å²) in [5, 5.41) is 0.510. The van der Waals surface area contributed by atoms with Crippen LogP contribution < -0.4 is 10.4 Å². The third-order valence-corrected chi connectivity index (χ3v) is 3.39. The van der Waals surface area contributed by atoms with Gasteiger partial charge in [-0.3, -0.25) is 0 Å². The van der Waals surface area contributed by atoms with Crippen LogP contribution in [0.3, 0.4) is 0 Å². The maximum absolute atomic E-state index is 12.4. The lowest BCUT2D eigenvalue weighted by Crippen LogP contribution is -2.16. The molecule has 0 unspecified atom stereocenters. The molecule has 0 spiro atoms. The molecule has 2 aromatic carbocycles. The van der Waals surface area contributed by atoms with Crippen LogP contribution in [0.4, 0.5) is 0 Å². The molecule has 3 aromatic rings. The Balaban J connectivity index is 2.13. The van der Waals surface area contributed by atoms with E-state index in [-0.39, 0.29) is 11.5 Å². The summed E-state index contributed by atoms with van der Waals surface area (Å²) in [6, 6.07) is 14.7. The van der Waals surface area contributed by atoms with Gasteiger partial charge >= 0.3 is 11.7 Å². The van der Waals surface area contributed by atoms with Crippen molar-refractivity contribution >= 4 is 10.9 Å². The maximum atomic E-state index is 12.4. The first kappa shape index (κ1) is 14.3. The lowest BCUT2D eigenvalue weighted by molar-refractivity contribution is 0.306. The van der Waals surface area contributed by atoms with E-state index in [1.54, 1.807) is 18.2 Å². The number of aromatic nitrogens is 1. The molecule has 4 nitrogen and oxygen atoms in total. The molecule has 112 valence electrons. The smallest absolute Gasteiger partial charge is 0.402 e. The predicted octanol–water partition coefficient (Wildman–Crippen LogP) is 4.28. The standard InChI is InChI=1S/C18H17NO3/c1-18(2,3)13-10-7-11-14-15(13)16(20)22-17(19-14)21-12-8-5-4-6-9-12/h4-11H,1-3H3. The van der Waals surface area contributed by atoms with Crippen LogP contribution in [0.15, 0.2) is 57.7 Å². The zero-order chi connectivity index (χ0) is 15.7. The van der Waals surface area contributed by atoms with Crippen LogP contribution in [0.1, 0.15) is 26.3 Å². The van der Waals surface area contributed by atoms with Gasteiger partial charge in [-0.1, -0.05) is 51.1 Å². The van der Waals surface area contributed by atoms with Crippen molar-refractivity contribution in [2.75, 3.05) is 0 Å². The summed E-state index contributed by atoms with van der Waals surface area (Å²) in [6.07, 6.45) is -0.0465. The van der Waals surface area contributed by atoms with Gasteiger partial charge in [0.05, 0.1) is 10.9 Å². The summed E-state index contributed by atoms with van der Waals surface area (Å²) in [5.41, 5.74) is 0.895. The van der Waals surface area contributed by atoms with Crippen LogP contribution in [0.25, 0.3) is 10.9 Å². The monoisotopic (exact) mass is 295 g/mol. The van der Waals surface area contributed by atoms with Gasteiger partial charge in [0.2, 0.25) is 0 Å². The first-order chi connectivity index (χ1) is 10.4. The first-order valence-corrected chi connectivity index (χ1v) is 7.12. The Kier molecular flexibility index (Phi) is 3.45. The summed E-state index contributed by atoms with van der Waals surface area (Å²) >= 11 is 0.